The van der Waals surface area contributed by atoms with Gasteiger partial charge in [0.25, 0.3) is 11.6 Å². The molecular formula is C18H14ClN3O5. The van der Waals surface area contributed by atoms with Crippen molar-refractivity contribution in [1.29, 1.82) is 0 Å². The van der Waals surface area contributed by atoms with E-state index in [4.69, 9.17) is 11.6 Å². The maximum Gasteiger partial charge on any atom is 0.289 e. The summed E-state index contributed by atoms with van der Waals surface area (Å²) in [7, 11) is 0. The molecule has 1 N–H and O–H groups in total. The van der Waals surface area contributed by atoms with E-state index in [0.29, 0.717) is 5.56 Å². The molecule has 0 bridgehead atoms. The van der Waals surface area contributed by atoms with Gasteiger partial charge in [0.05, 0.1) is 11.5 Å². The minimum Gasteiger partial charge on any atom is -0.322 e. The third-order valence-corrected chi connectivity index (χ3v) is 4.43. The summed E-state index contributed by atoms with van der Waals surface area (Å²) in [6.07, 6.45) is 0.457. The molecule has 0 aromatic heterocycles. The van der Waals surface area contributed by atoms with Crippen LogP contribution >= 0.6 is 11.6 Å². The van der Waals surface area contributed by atoms with Crippen molar-refractivity contribution in [3.63, 3.8) is 0 Å². The molecule has 138 valence electrons. The molecule has 0 unspecified atom stereocenters. The summed E-state index contributed by atoms with van der Waals surface area (Å²) in [5.74, 6) is -0.858. The zero-order chi connectivity index (χ0) is 19.6. The second-order valence-corrected chi connectivity index (χ2v) is 6.36. The number of benzene rings is 2. The number of rotatable bonds is 5. The summed E-state index contributed by atoms with van der Waals surface area (Å²) >= 11 is 5.75. The average Bonchev–Trinajstić information content (AvgIpc) is 2.95. The van der Waals surface area contributed by atoms with E-state index < -0.39 is 10.8 Å². The van der Waals surface area contributed by atoms with Gasteiger partial charge in [0.15, 0.2) is 0 Å². The van der Waals surface area contributed by atoms with Gasteiger partial charge in [-0.1, -0.05) is 23.7 Å². The van der Waals surface area contributed by atoms with E-state index >= 15 is 0 Å². The lowest BCUT2D eigenvalue weighted by atomic mass is 10.1. The first-order valence-corrected chi connectivity index (χ1v) is 8.40. The van der Waals surface area contributed by atoms with Crippen molar-refractivity contribution < 1.29 is 19.3 Å². The monoisotopic (exact) mass is 387 g/mol. The molecule has 2 aromatic rings. The highest BCUT2D eigenvalue weighted by molar-refractivity contribution is 6.32. The topological polar surface area (TPSA) is 110 Å². The summed E-state index contributed by atoms with van der Waals surface area (Å²) in [6, 6.07) is 10.4. The first-order chi connectivity index (χ1) is 12.8. The Labute approximate surface area is 158 Å². The molecule has 8 nitrogen and oxygen atoms in total. The Balaban J connectivity index is 1.69. The molecule has 9 heteroatoms. The van der Waals surface area contributed by atoms with Crippen LogP contribution in [0.2, 0.25) is 5.02 Å². The number of halogens is 1. The zero-order valence-electron chi connectivity index (χ0n) is 14.0. The van der Waals surface area contributed by atoms with Gasteiger partial charge >= 0.3 is 0 Å². The highest BCUT2D eigenvalue weighted by atomic mass is 35.5. The lowest BCUT2D eigenvalue weighted by Gasteiger charge is -2.14. The van der Waals surface area contributed by atoms with Crippen LogP contribution in [0.4, 0.5) is 11.4 Å². The molecule has 0 radical (unpaired) electrons. The molecule has 0 aliphatic carbocycles. The van der Waals surface area contributed by atoms with Crippen molar-refractivity contribution in [3.8, 4) is 0 Å². The molecular weight excluding hydrogens is 374 g/mol. The number of carbonyl (C=O) groups excluding carboxylic acids is 3. The van der Waals surface area contributed by atoms with Crippen LogP contribution in [0.3, 0.4) is 0 Å². The number of nitro groups is 1. The van der Waals surface area contributed by atoms with Crippen LogP contribution in [0.15, 0.2) is 42.5 Å². The van der Waals surface area contributed by atoms with E-state index in [1.54, 1.807) is 24.3 Å². The smallest absolute Gasteiger partial charge is 0.289 e. The van der Waals surface area contributed by atoms with Crippen LogP contribution in [0, 0.1) is 10.1 Å². The van der Waals surface area contributed by atoms with Gasteiger partial charge < -0.3 is 5.32 Å². The Morgan fingerprint density at radius 2 is 1.74 bits per heavy atom. The normalized spacial score (nSPS) is 13.7. The molecule has 1 aliphatic heterocycles. The van der Waals surface area contributed by atoms with Crippen LogP contribution < -0.4 is 5.32 Å². The van der Waals surface area contributed by atoms with Crippen LogP contribution in [0.25, 0.3) is 0 Å². The number of nitro benzene ring substituents is 1. The van der Waals surface area contributed by atoms with Crippen LogP contribution in [0.5, 0.6) is 0 Å². The van der Waals surface area contributed by atoms with Crippen LogP contribution in [-0.4, -0.2) is 27.5 Å². The van der Waals surface area contributed by atoms with Crippen molar-refractivity contribution in [3.05, 3.63) is 68.7 Å². The summed E-state index contributed by atoms with van der Waals surface area (Å²) in [5.41, 5.74) is 0.992. The van der Waals surface area contributed by atoms with Gasteiger partial charge in [0.2, 0.25) is 11.8 Å². The molecule has 1 fully saturated rings. The number of anilines is 1. The Kier molecular flexibility index (Phi) is 5.18. The number of likely N-dealkylation sites (tertiary alicyclic amines) is 1. The maximum absolute atomic E-state index is 12.3. The molecule has 0 atom stereocenters. The summed E-state index contributed by atoms with van der Waals surface area (Å²) in [5, 5.41) is 13.5. The molecule has 1 saturated heterocycles. The number of hydrogen-bond acceptors (Lipinski definition) is 5. The quantitative estimate of drug-likeness (QED) is 0.481. The zero-order valence-corrected chi connectivity index (χ0v) is 14.7. The molecule has 2 aromatic carbocycles. The van der Waals surface area contributed by atoms with E-state index in [9.17, 15) is 24.5 Å². The SMILES string of the molecule is O=C(Nc1ccc(Cl)c([N+](=O)[O-])c1)c1ccc(CN2C(=O)CCC2=O)cc1. The highest BCUT2D eigenvalue weighted by Crippen LogP contribution is 2.27. The van der Waals surface area contributed by atoms with E-state index in [1.165, 1.54) is 23.1 Å². The number of carbonyl (C=O) groups is 3. The van der Waals surface area contributed by atoms with Crippen molar-refractivity contribution >= 4 is 40.7 Å². The molecule has 3 rings (SSSR count). The fourth-order valence-corrected chi connectivity index (χ4v) is 2.86. The van der Waals surface area contributed by atoms with E-state index in [1.807, 2.05) is 0 Å². The second kappa shape index (κ2) is 7.55. The third-order valence-electron chi connectivity index (χ3n) is 4.11. The molecule has 3 amide bonds. The van der Waals surface area contributed by atoms with Crippen LogP contribution in [0.1, 0.15) is 28.8 Å². The first-order valence-electron chi connectivity index (χ1n) is 8.02. The van der Waals surface area contributed by atoms with Crippen molar-refractivity contribution in [2.75, 3.05) is 5.32 Å². The predicted octanol–water partition coefficient (Wildman–Crippen LogP) is 3.15. The first kappa shape index (κ1) is 18.5. The summed E-state index contributed by atoms with van der Waals surface area (Å²) < 4.78 is 0. The number of amides is 3. The van der Waals surface area contributed by atoms with E-state index in [-0.39, 0.29) is 47.6 Å². The van der Waals surface area contributed by atoms with Crippen molar-refractivity contribution in [1.82, 2.24) is 4.90 Å². The number of nitrogens with zero attached hydrogens (tertiary/aromatic N) is 2. The molecule has 1 heterocycles. The lowest BCUT2D eigenvalue weighted by Crippen LogP contribution is -2.28. The highest BCUT2D eigenvalue weighted by Gasteiger charge is 2.28. The van der Waals surface area contributed by atoms with E-state index in [0.717, 1.165) is 5.56 Å². The van der Waals surface area contributed by atoms with Gasteiger partial charge in [-0.05, 0) is 29.8 Å². The van der Waals surface area contributed by atoms with Gasteiger partial charge in [0.1, 0.15) is 5.02 Å². The Bertz CT molecular complexity index is 927. The Morgan fingerprint density at radius 1 is 1.11 bits per heavy atom. The summed E-state index contributed by atoms with van der Waals surface area (Å²) in [4.78, 5) is 47.1. The van der Waals surface area contributed by atoms with Gasteiger partial charge in [-0.25, -0.2) is 0 Å². The molecule has 0 saturated carbocycles. The van der Waals surface area contributed by atoms with Gasteiger partial charge in [-0.15, -0.1) is 0 Å². The largest absolute Gasteiger partial charge is 0.322 e. The van der Waals surface area contributed by atoms with E-state index in [2.05, 4.69) is 5.32 Å². The third kappa shape index (κ3) is 4.12. The van der Waals surface area contributed by atoms with Gasteiger partial charge in [0, 0.05) is 30.2 Å². The van der Waals surface area contributed by atoms with Crippen LogP contribution in [-0.2, 0) is 16.1 Å². The lowest BCUT2D eigenvalue weighted by molar-refractivity contribution is -0.384. The van der Waals surface area contributed by atoms with Gasteiger partial charge in [-0.2, -0.15) is 0 Å². The van der Waals surface area contributed by atoms with Crippen molar-refractivity contribution in [2.45, 2.75) is 19.4 Å². The number of imide groups is 1. The minimum atomic E-state index is -0.631. The summed E-state index contributed by atoms with van der Waals surface area (Å²) in [6.45, 7) is 0.170. The fourth-order valence-electron chi connectivity index (χ4n) is 2.68. The Morgan fingerprint density at radius 3 is 2.33 bits per heavy atom. The maximum atomic E-state index is 12.3. The predicted molar refractivity (Wildman–Crippen MR) is 97.3 cm³/mol. The molecule has 1 aliphatic rings. The second-order valence-electron chi connectivity index (χ2n) is 5.95. The number of hydrogen-bond donors (Lipinski definition) is 1. The average molecular weight is 388 g/mol. The molecule has 0 spiro atoms. The van der Waals surface area contributed by atoms with Crippen molar-refractivity contribution in [2.24, 2.45) is 0 Å². The standard InChI is InChI=1S/C18H14ClN3O5/c19-14-6-5-13(9-15(14)22(26)27)20-18(25)12-3-1-11(2-4-12)10-21-16(23)7-8-17(21)24/h1-6,9H,7-8,10H2,(H,20,25). The fraction of sp³-hybridized carbons (Fsp3) is 0.167. The molecule has 27 heavy (non-hydrogen) atoms. The van der Waals surface area contributed by atoms with Gasteiger partial charge in [-0.3, -0.25) is 29.4 Å². The number of nitrogens with one attached hydrogen (secondary N) is 1. The minimum absolute atomic E-state index is 0.0200. The Hall–Kier alpha value is -3.26.